The smallest absolute Gasteiger partial charge is 0.326 e. The average molecular weight is 414 g/mol. The lowest BCUT2D eigenvalue weighted by atomic mass is 9.93. The summed E-state index contributed by atoms with van der Waals surface area (Å²) < 4.78 is 0. The Balaban J connectivity index is 2.14. The second-order valence-electron chi connectivity index (χ2n) is 7.29. The summed E-state index contributed by atoms with van der Waals surface area (Å²) in [7, 11) is 0. The van der Waals surface area contributed by atoms with E-state index >= 15 is 0 Å². The number of aliphatic hydroxyl groups excluding tert-OH is 1. The highest BCUT2D eigenvalue weighted by Crippen LogP contribution is 2.25. The maximum atomic E-state index is 12.6. The van der Waals surface area contributed by atoms with Crippen LogP contribution in [0.4, 0.5) is 0 Å². The number of amides is 2. The number of carboxylic acids is 1. The molecule has 0 heterocycles. The number of aliphatic carboxylic acids is 1. The highest BCUT2D eigenvalue weighted by Gasteiger charge is 2.25. The molecule has 0 fully saturated rings. The van der Waals surface area contributed by atoms with Gasteiger partial charge in [-0.3, -0.25) is 9.59 Å². The number of nitrogens with two attached hydrogens (primary N) is 1. The Kier molecular flexibility index (Phi) is 7.54. The number of carbonyl (C=O) groups excluding carboxylic acids is 2. The molecule has 0 spiro atoms. The van der Waals surface area contributed by atoms with Crippen LogP contribution < -0.4 is 11.1 Å². The van der Waals surface area contributed by atoms with Crippen molar-refractivity contribution < 1.29 is 29.7 Å². The third kappa shape index (κ3) is 6.05. The zero-order chi connectivity index (χ0) is 22.4. The minimum atomic E-state index is -1.42. The second kappa shape index (κ2) is 9.89. The molecule has 8 nitrogen and oxygen atoms in total. The van der Waals surface area contributed by atoms with Crippen LogP contribution >= 0.6 is 0 Å². The van der Waals surface area contributed by atoms with E-state index in [1.807, 2.05) is 6.07 Å². The molecule has 0 bridgehead atoms. The molecule has 0 saturated carbocycles. The standard InChI is InChI=1S/C22H26N2O6/c1-12-8-15(18(26)7-6-14-4-3-5-16(25)10-14)9-13(2)20(12)21(28)24-17(22(29)30)11-19(23)27/h3-5,8-10,17-18,25-26H,6-7,11H2,1-2H3,(H2,23,27)(H,24,28)(H,29,30)/t17-,18?/m0/s1. The summed E-state index contributed by atoms with van der Waals surface area (Å²) in [6.45, 7) is 3.38. The van der Waals surface area contributed by atoms with Crippen LogP contribution in [-0.2, 0) is 16.0 Å². The predicted molar refractivity (Wildman–Crippen MR) is 110 cm³/mol. The van der Waals surface area contributed by atoms with Crippen LogP contribution in [0.3, 0.4) is 0 Å². The summed E-state index contributed by atoms with van der Waals surface area (Å²) in [5.41, 5.74) is 8.00. The van der Waals surface area contributed by atoms with Crippen LogP contribution in [0.1, 0.15) is 51.6 Å². The summed E-state index contributed by atoms with van der Waals surface area (Å²) in [5, 5.41) is 31.6. The number of aliphatic hydroxyl groups is 1. The Bertz CT molecular complexity index is 933. The molecule has 2 atom stereocenters. The summed E-state index contributed by atoms with van der Waals surface area (Å²) in [6, 6.07) is 8.76. The molecular weight excluding hydrogens is 388 g/mol. The maximum absolute atomic E-state index is 12.6. The Labute approximate surface area is 174 Å². The number of nitrogens with one attached hydrogen (secondary N) is 1. The first-order valence-corrected chi connectivity index (χ1v) is 9.47. The van der Waals surface area contributed by atoms with Gasteiger partial charge in [0, 0.05) is 5.56 Å². The van der Waals surface area contributed by atoms with Crippen molar-refractivity contribution in [2.45, 2.75) is 45.3 Å². The summed E-state index contributed by atoms with van der Waals surface area (Å²) in [4.78, 5) is 34.9. The third-order valence-corrected chi connectivity index (χ3v) is 4.79. The Morgan fingerprint density at radius 1 is 1.10 bits per heavy atom. The summed E-state index contributed by atoms with van der Waals surface area (Å²) in [5.74, 6) is -2.64. The lowest BCUT2D eigenvalue weighted by molar-refractivity contribution is -0.140. The van der Waals surface area contributed by atoms with Crippen molar-refractivity contribution in [2.75, 3.05) is 0 Å². The molecule has 0 aliphatic rings. The number of primary amides is 1. The van der Waals surface area contributed by atoms with Gasteiger partial charge in [0.15, 0.2) is 0 Å². The van der Waals surface area contributed by atoms with E-state index in [9.17, 15) is 29.7 Å². The molecule has 0 radical (unpaired) electrons. The lowest BCUT2D eigenvalue weighted by Crippen LogP contribution is -2.43. The number of hydrogen-bond donors (Lipinski definition) is 5. The number of carboxylic acid groups (broad SMARTS) is 1. The normalized spacial score (nSPS) is 12.8. The van der Waals surface area contributed by atoms with Crippen LogP contribution in [-0.4, -0.2) is 39.1 Å². The number of phenolic OH excluding ortho intramolecular Hbond substituents is 1. The number of benzene rings is 2. The van der Waals surface area contributed by atoms with Crippen molar-refractivity contribution in [2.24, 2.45) is 5.73 Å². The van der Waals surface area contributed by atoms with Crippen LogP contribution in [0.2, 0.25) is 0 Å². The molecule has 0 aliphatic carbocycles. The maximum Gasteiger partial charge on any atom is 0.326 e. The second-order valence-corrected chi connectivity index (χ2v) is 7.29. The Hall–Kier alpha value is -3.39. The van der Waals surface area contributed by atoms with Crippen LogP contribution in [0, 0.1) is 13.8 Å². The highest BCUT2D eigenvalue weighted by atomic mass is 16.4. The van der Waals surface area contributed by atoms with E-state index < -0.39 is 36.4 Å². The number of rotatable bonds is 9. The molecule has 0 aliphatic heterocycles. The van der Waals surface area contributed by atoms with Gasteiger partial charge in [-0.2, -0.15) is 0 Å². The monoisotopic (exact) mass is 414 g/mol. The van der Waals surface area contributed by atoms with Gasteiger partial charge >= 0.3 is 5.97 Å². The largest absolute Gasteiger partial charge is 0.508 e. The summed E-state index contributed by atoms with van der Waals surface area (Å²) in [6.07, 6.45) is -0.300. The van der Waals surface area contributed by atoms with Gasteiger partial charge in [0.05, 0.1) is 12.5 Å². The quantitative estimate of drug-likeness (QED) is 0.422. The average Bonchev–Trinajstić information content (AvgIpc) is 2.64. The van der Waals surface area contributed by atoms with Crippen molar-refractivity contribution in [3.8, 4) is 5.75 Å². The SMILES string of the molecule is Cc1cc(C(O)CCc2cccc(O)c2)cc(C)c1C(=O)N[C@@H](CC(N)=O)C(=O)O. The van der Waals surface area contributed by atoms with Crippen molar-refractivity contribution in [1.29, 1.82) is 0 Å². The van der Waals surface area contributed by atoms with Crippen molar-refractivity contribution >= 4 is 17.8 Å². The molecule has 2 aromatic carbocycles. The molecular formula is C22H26N2O6. The van der Waals surface area contributed by atoms with Gasteiger partial charge in [0.25, 0.3) is 5.91 Å². The van der Waals surface area contributed by atoms with Gasteiger partial charge in [-0.05, 0) is 61.1 Å². The number of aryl methyl sites for hydroxylation is 3. The van der Waals surface area contributed by atoms with Crippen LogP contribution in [0.25, 0.3) is 0 Å². The topological polar surface area (TPSA) is 150 Å². The highest BCUT2D eigenvalue weighted by molar-refractivity contribution is 5.99. The van der Waals surface area contributed by atoms with E-state index in [2.05, 4.69) is 5.32 Å². The fourth-order valence-electron chi connectivity index (χ4n) is 3.36. The first kappa shape index (κ1) is 22.9. The van der Waals surface area contributed by atoms with Gasteiger partial charge in [0.2, 0.25) is 5.91 Å². The van der Waals surface area contributed by atoms with E-state index in [-0.39, 0.29) is 11.3 Å². The van der Waals surface area contributed by atoms with Crippen LogP contribution in [0.15, 0.2) is 36.4 Å². The molecule has 2 rings (SSSR count). The molecule has 8 heteroatoms. The zero-order valence-electron chi connectivity index (χ0n) is 16.9. The third-order valence-electron chi connectivity index (χ3n) is 4.79. The van der Waals surface area contributed by atoms with Gasteiger partial charge in [-0.25, -0.2) is 4.79 Å². The predicted octanol–water partition coefficient (Wildman–Crippen LogP) is 1.73. The van der Waals surface area contributed by atoms with Gasteiger partial charge < -0.3 is 26.4 Å². The van der Waals surface area contributed by atoms with Gasteiger partial charge in [-0.1, -0.05) is 24.3 Å². The molecule has 1 unspecified atom stereocenters. The van der Waals surface area contributed by atoms with E-state index in [4.69, 9.17) is 5.73 Å². The number of hydrogen-bond acceptors (Lipinski definition) is 5. The molecule has 0 saturated heterocycles. The number of aromatic hydroxyl groups is 1. The van der Waals surface area contributed by atoms with Crippen LogP contribution in [0.5, 0.6) is 5.75 Å². The molecule has 0 aromatic heterocycles. The van der Waals surface area contributed by atoms with E-state index in [0.717, 1.165) is 5.56 Å². The van der Waals surface area contributed by atoms with Gasteiger partial charge in [0.1, 0.15) is 11.8 Å². The van der Waals surface area contributed by atoms with E-state index in [0.29, 0.717) is 29.5 Å². The first-order valence-electron chi connectivity index (χ1n) is 9.47. The lowest BCUT2D eigenvalue weighted by Gasteiger charge is -2.18. The summed E-state index contributed by atoms with van der Waals surface area (Å²) >= 11 is 0. The van der Waals surface area contributed by atoms with E-state index in [1.165, 1.54) is 0 Å². The number of phenols is 1. The van der Waals surface area contributed by atoms with Crippen molar-refractivity contribution in [1.82, 2.24) is 5.32 Å². The van der Waals surface area contributed by atoms with Gasteiger partial charge in [-0.15, -0.1) is 0 Å². The minimum absolute atomic E-state index is 0.167. The molecule has 30 heavy (non-hydrogen) atoms. The molecule has 2 aromatic rings. The fraction of sp³-hybridized carbons (Fsp3) is 0.318. The first-order chi connectivity index (χ1) is 14.1. The Morgan fingerprint density at radius 2 is 1.73 bits per heavy atom. The van der Waals surface area contributed by atoms with Crippen molar-refractivity contribution in [3.05, 3.63) is 64.2 Å². The number of carbonyl (C=O) groups is 3. The molecule has 160 valence electrons. The molecule has 6 N–H and O–H groups in total. The van der Waals surface area contributed by atoms with E-state index in [1.54, 1.807) is 44.2 Å². The van der Waals surface area contributed by atoms with Crippen molar-refractivity contribution in [3.63, 3.8) is 0 Å². The molecule has 2 amide bonds. The zero-order valence-corrected chi connectivity index (χ0v) is 16.9. The Morgan fingerprint density at radius 3 is 2.27 bits per heavy atom. The fourth-order valence-corrected chi connectivity index (χ4v) is 3.36. The minimum Gasteiger partial charge on any atom is -0.508 e.